The fraction of sp³-hybridized carbons (Fsp3) is 0.944. The molecule has 1 aliphatic carbocycles. The molecule has 2 aliphatic rings. The lowest BCUT2D eigenvalue weighted by Crippen LogP contribution is -2.44. The van der Waals surface area contributed by atoms with E-state index in [2.05, 4.69) is 39.5 Å². The summed E-state index contributed by atoms with van der Waals surface area (Å²) < 4.78 is 0. The molecule has 1 saturated heterocycles. The molecule has 0 aromatic rings. The maximum absolute atomic E-state index is 12.3. The molecule has 1 heterocycles. The van der Waals surface area contributed by atoms with Crippen LogP contribution in [0.25, 0.3) is 0 Å². The summed E-state index contributed by atoms with van der Waals surface area (Å²) in [6.07, 6.45) is 4.33. The number of hydrogen-bond donors (Lipinski definition) is 0. The largest absolute Gasteiger partial charge is 0.302 e. The number of Topliss-reactive ketones (excluding diaryl/α,β-unsaturated/α-hetero) is 1. The standard InChI is InChI=1S/C18H33NO/c1-13-8-9-19(11-14(13)2)12-15-10-16(18(3,4)5)6-7-17(15)20/h13-16H,6-12H2,1-5H3. The molecule has 0 aromatic carbocycles. The van der Waals surface area contributed by atoms with Crippen LogP contribution in [-0.2, 0) is 4.79 Å². The van der Waals surface area contributed by atoms with Gasteiger partial charge in [-0.1, -0.05) is 34.6 Å². The van der Waals surface area contributed by atoms with E-state index in [0.29, 0.717) is 23.0 Å². The second kappa shape index (κ2) is 6.17. The van der Waals surface area contributed by atoms with Crippen LogP contribution in [0, 0.1) is 29.1 Å². The van der Waals surface area contributed by atoms with Gasteiger partial charge in [-0.05, 0) is 49.0 Å². The number of carbonyl (C=O) groups excluding carboxylic acids is 1. The molecule has 2 fully saturated rings. The average molecular weight is 279 g/mol. The van der Waals surface area contributed by atoms with E-state index in [1.807, 2.05) is 0 Å². The monoisotopic (exact) mass is 279 g/mol. The lowest BCUT2D eigenvalue weighted by atomic mass is 9.68. The Bertz CT molecular complexity index is 344. The molecule has 20 heavy (non-hydrogen) atoms. The molecular weight excluding hydrogens is 246 g/mol. The van der Waals surface area contributed by atoms with Crippen molar-refractivity contribution in [2.45, 2.75) is 60.3 Å². The quantitative estimate of drug-likeness (QED) is 0.761. The third kappa shape index (κ3) is 3.84. The van der Waals surface area contributed by atoms with Crippen LogP contribution in [0.2, 0.25) is 0 Å². The van der Waals surface area contributed by atoms with E-state index >= 15 is 0 Å². The van der Waals surface area contributed by atoms with Crippen molar-refractivity contribution in [1.82, 2.24) is 4.90 Å². The summed E-state index contributed by atoms with van der Waals surface area (Å²) in [6, 6.07) is 0. The van der Waals surface area contributed by atoms with Gasteiger partial charge in [0.15, 0.2) is 0 Å². The molecule has 0 N–H and O–H groups in total. The van der Waals surface area contributed by atoms with E-state index in [-0.39, 0.29) is 0 Å². The predicted octanol–water partition coefficient (Wildman–Crippen LogP) is 4.00. The lowest BCUT2D eigenvalue weighted by molar-refractivity contribution is -0.127. The fourth-order valence-corrected chi connectivity index (χ4v) is 3.90. The minimum Gasteiger partial charge on any atom is -0.302 e. The van der Waals surface area contributed by atoms with Crippen LogP contribution in [-0.4, -0.2) is 30.3 Å². The van der Waals surface area contributed by atoms with Crippen LogP contribution in [0.3, 0.4) is 0 Å². The Kier molecular flexibility index (Phi) is 4.94. The Balaban J connectivity index is 1.92. The molecule has 1 saturated carbocycles. The molecule has 0 bridgehead atoms. The highest BCUT2D eigenvalue weighted by Crippen LogP contribution is 2.39. The molecular formula is C18H33NO. The van der Waals surface area contributed by atoms with Gasteiger partial charge in [0.25, 0.3) is 0 Å². The van der Waals surface area contributed by atoms with Gasteiger partial charge in [0, 0.05) is 25.4 Å². The van der Waals surface area contributed by atoms with Crippen molar-refractivity contribution >= 4 is 5.78 Å². The van der Waals surface area contributed by atoms with E-state index in [0.717, 1.165) is 37.6 Å². The van der Waals surface area contributed by atoms with E-state index in [1.165, 1.54) is 19.5 Å². The number of likely N-dealkylation sites (tertiary alicyclic amines) is 1. The van der Waals surface area contributed by atoms with Crippen LogP contribution in [0.1, 0.15) is 60.3 Å². The molecule has 2 rings (SSSR count). The van der Waals surface area contributed by atoms with Crippen LogP contribution in [0.5, 0.6) is 0 Å². The first-order valence-corrected chi connectivity index (χ1v) is 8.52. The van der Waals surface area contributed by atoms with E-state index in [4.69, 9.17) is 0 Å². The number of piperidine rings is 1. The molecule has 2 nitrogen and oxygen atoms in total. The number of nitrogens with zero attached hydrogens (tertiary/aromatic N) is 1. The smallest absolute Gasteiger partial charge is 0.137 e. The second-order valence-electron chi connectivity index (χ2n) is 8.50. The zero-order valence-corrected chi connectivity index (χ0v) is 14.1. The van der Waals surface area contributed by atoms with Crippen molar-refractivity contribution in [3.05, 3.63) is 0 Å². The summed E-state index contributed by atoms with van der Waals surface area (Å²) in [4.78, 5) is 14.8. The minimum absolute atomic E-state index is 0.300. The first-order valence-electron chi connectivity index (χ1n) is 8.52. The van der Waals surface area contributed by atoms with Crippen molar-refractivity contribution < 1.29 is 4.79 Å². The van der Waals surface area contributed by atoms with E-state index < -0.39 is 0 Å². The van der Waals surface area contributed by atoms with Gasteiger partial charge in [0.05, 0.1) is 0 Å². The summed E-state index contributed by atoms with van der Waals surface area (Å²) in [6.45, 7) is 15.1. The zero-order chi connectivity index (χ0) is 14.9. The molecule has 0 aromatic heterocycles. The molecule has 0 spiro atoms. The van der Waals surface area contributed by atoms with Crippen molar-refractivity contribution in [3.63, 3.8) is 0 Å². The first kappa shape index (κ1) is 16.0. The number of hydrogen-bond acceptors (Lipinski definition) is 2. The summed E-state index contributed by atoms with van der Waals surface area (Å²) in [5.41, 5.74) is 0.350. The van der Waals surface area contributed by atoms with E-state index in [9.17, 15) is 4.79 Å². The van der Waals surface area contributed by atoms with Crippen molar-refractivity contribution in [2.75, 3.05) is 19.6 Å². The number of rotatable bonds is 2. The lowest BCUT2D eigenvalue weighted by Gasteiger charge is -2.41. The third-order valence-corrected chi connectivity index (χ3v) is 5.89. The normalized spacial score (nSPS) is 37.1. The SMILES string of the molecule is CC1CCN(CC2CC(C(C)(C)C)CCC2=O)CC1C. The summed E-state index contributed by atoms with van der Waals surface area (Å²) in [5, 5.41) is 0. The van der Waals surface area contributed by atoms with Crippen LogP contribution < -0.4 is 0 Å². The molecule has 1 aliphatic heterocycles. The maximum Gasteiger partial charge on any atom is 0.137 e. The Morgan fingerprint density at radius 2 is 1.85 bits per heavy atom. The summed E-state index contributed by atoms with van der Waals surface area (Å²) in [5.74, 6) is 3.16. The maximum atomic E-state index is 12.3. The van der Waals surface area contributed by atoms with Crippen molar-refractivity contribution in [1.29, 1.82) is 0 Å². The van der Waals surface area contributed by atoms with Crippen LogP contribution in [0.4, 0.5) is 0 Å². The zero-order valence-electron chi connectivity index (χ0n) is 14.1. The van der Waals surface area contributed by atoms with Crippen molar-refractivity contribution in [3.8, 4) is 0 Å². The molecule has 0 amide bonds. The minimum atomic E-state index is 0.300. The highest BCUT2D eigenvalue weighted by atomic mass is 16.1. The highest BCUT2D eigenvalue weighted by molar-refractivity contribution is 5.82. The Morgan fingerprint density at radius 1 is 1.15 bits per heavy atom. The summed E-state index contributed by atoms with van der Waals surface area (Å²) in [7, 11) is 0. The Hall–Kier alpha value is -0.370. The number of ketones is 1. The number of carbonyl (C=O) groups is 1. The summed E-state index contributed by atoms with van der Waals surface area (Å²) >= 11 is 0. The third-order valence-electron chi connectivity index (χ3n) is 5.89. The Labute approximate surface area is 125 Å². The van der Waals surface area contributed by atoms with Gasteiger partial charge in [-0.3, -0.25) is 4.79 Å². The van der Waals surface area contributed by atoms with Gasteiger partial charge in [0.1, 0.15) is 5.78 Å². The van der Waals surface area contributed by atoms with Crippen molar-refractivity contribution in [2.24, 2.45) is 29.1 Å². The van der Waals surface area contributed by atoms with Gasteiger partial charge in [0.2, 0.25) is 0 Å². The second-order valence-corrected chi connectivity index (χ2v) is 8.50. The molecule has 4 atom stereocenters. The predicted molar refractivity (Wildman–Crippen MR) is 84.7 cm³/mol. The molecule has 116 valence electrons. The average Bonchev–Trinajstić information content (AvgIpc) is 2.35. The molecule has 2 heteroatoms. The van der Waals surface area contributed by atoms with Gasteiger partial charge in [-0.25, -0.2) is 0 Å². The van der Waals surface area contributed by atoms with E-state index in [1.54, 1.807) is 0 Å². The molecule has 0 radical (unpaired) electrons. The Morgan fingerprint density at radius 3 is 2.45 bits per heavy atom. The van der Waals surface area contributed by atoms with Gasteiger partial charge in [-0.15, -0.1) is 0 Å². The first-order chi connectivity index (χ1) is 9.27. The van der Waals surface area contributed by atoms with Gasteiger partial charge < -0.3 is 4.90 Å². The van der Waals surface area contributed by atoms with Gasteiger partial charge in [-0.2, -0.15) is 0 Å². The topological polar surface area (TPSA) is 20.3 Å². The van der Waals surface area contributed by atoms with Crippen LogP contribution >= 0.6 is 0 Å². The molecule has 4 unspecified atom stereocenters. The van der Waals surface area contributed by atoms with Crippen LogP contribution in [0.15, 0.2) is 0 Å². The van der Waals surface area contributed by atoms with Gasteiger partial charge >= 0.3 is 0 Å². The fourth-order valence-electron chi connectivity index (χ4n) is 3.90. The highest BCUT2D eigenvalue weighted by Gasteiger charge is 2.36.